The molecule has 0 spiro atoms. The van der Waals surface area contributed by atoms with Crippen LogP contribution in [-0.2, 0) is 4.74 Å². The Morgan fingerprint density at radius 3 is 2.67 bits per heavy atom. The van der Waals surface area contributed by atoms with Crippen LogP contribution in [0, 0.1) is 5.92 Å². The maximum absolute atomic E-state index is 8.84. The average Bonchev–Trinajstić information content (AvgIpc) is 2.27. The first-order valence-electron chi connectivity index (χ1n) is 5.92. The second kappa shape index (κ2) is 7.17. The molecule has 0 aromatic carbocycles. The van der Waals surface area contributed by atoms with Gasteiger partial charge < -0.3 is 20.9 Å². The summed E-state index contributed by atoms with van der Waals surface area (Å²) in [6, 6.07) is 0.710. The lowest BCUT2D eigenvalue weighted by Gasteiger charge is -2.32. The van der Waals surface area contributed by atoms with E-state index in [1.54, 1.807) is 0 Å². The van der Waals surface area contributed by atoms with E-state index in [2.05, 4.69) is 12.2 Å². The number of hydrogen-bond donors (Lipinski definition) is 3. The molecule has 0 bridgehead atoms. The molecule has 1 fully saturated rings. The van der Waals surface area contributed by atoms with Crippen molar-refractivity contribution in [1.29, 1.82) is 0 Å². The molecule has 4 N–H and O–H groups in total. The molecule has 90 valence electrons. The molecule has 1 rings (SSSR count). The highest BCUT2D eigenvalue weighted by Crippen LogP contribution is 2.18. The number of aliphatic hydroxyl groups is 1. The van der Waals surface area contributed by atoms with Crippen LogP contribution >= 0.6 is 0 Å². The molecule has 1 heterocycles. The summed E-state index contributed by atoms with van der Waals surface area (Å²) in [5, 5.41) is 12.3. The maximum atomic E-state index is 8.84. The van der Waals surface area contributed by atoms with Gasteiger partial charge in [-0.2, -0.15) is 0 Å². The Morgan fingerprint density at radius 1 is 1.47 bits per heavy atom. The highest BCUT2D eigenvalue weighted by Gasteiger charge is 2.23. The molecule has 0 aliphatic carbocycles. The van der Waals surface area contributed by atoms with Gasteiger partial charge in [-0.25, -0.2) is 0 Å². The summed E-state index contributed by atoms with van der Waals surface area (Å²) < 4.78 is 5.34. The Morgan fingerprint density at radius 2 is 2.13 bits per heavy atom. The van der Waals surface area contributed by atoms with E-state index in [4.69, 9.17) is 15.6 Å². The van der Waals surface area contributed by atoms with Crippen molar-refractivity contribution in [2.45, 2.75) is 38.3 Å². The van der Waals surface area contributed by atoms with Gasteiger partial charge >= 0.3 is 0 Å². The SMILES string of the molecule is CC(CCO)NC(CN)C1CCOCC1. The molecule has 0 saturated carbocycles. The Hall–Kier alpha value is -0.160. The minimum Gasteiger partial charge on any atom is -0.396 e. The standard InChI is InChI=1S/C11H24N2O2/c1-9(2-5-14)13-11(8-12)10-3-6-15-7-4-10/h9-11,13-14H,2-8,12H2,1H3. The van der Waals surface area contributed by atoms with Crippen LogP contribution in [0.25, 0.3) is 0 Å². The minimum atomic E-state index is 0.235. The smallest absolute Gasteiger partial charge is 0.0469 e. The van der Waals surface area contributed by atoms with Crippen LogP contribution in [0.1, 0.15) is 26.2 Å². The van der Waals surface area contributed by atoms with Crippen molar-refractivity contribution in [2.24, 2.45) is 11.7 Å². The second-order valence-corrected chi connectivity index (χ2v) is 4.37. The molecule has 1 saturated heterocycles. The van der Waals surface area contributed by atoms with Gasteiger partial charge in [0, 0.05) is 38.4 Å². The number of nitrogens with two attached hydrogens (primary N) is 1. The van der Waals surface area contributed by atoms with Crippen molar-refractivity contribution in [3.63, 3.8) is 0 Å². The second-order valence-electron chi connectivity index (χ2n) is 4.37. The topological polar surface area (TPSA) is 67.5 Å². The van der Waals surface area contributed by atoms with Gasteiger partial charge in [-0.1, -0.05) is 0 Å². The molecule has 0 amide bonds. The van der Waals surface area contributed by atoms with Crippen LogP contribution in [0.5, 0.6) is 0 Å². The summed E-state index contributed by atoms with van der Waals surface area (Å²) in [4.78, 5) is 0. The van der Waals surface area contributed by atoms with Crippen molar-refractivity contribution in [1.82, 2.24) is 5.32 Å². The summed E-state index contributed by atoms with van der Waals surface area (Å²) in [6.07, 6.45) is 2.99. The molecular formula is C11H24N2O2. The Balaban J connectivity index is 2.32. The Labute approximate surface area is 92.2 Å². The summed E-state index contributed by atoms with van der Waals surface area (Å²) in [7, 11) is 0. The normalized spacial score (nSPS) is 22.6. The number of aliphatic hydroxyl groups excluding tert-OH is 1. The Kier molecular flexibility index (Phi) is 6.17. The third-order valence-corrected chi connectivity index (χ3v) is 3.15. The van der Waals surface area contributed by atoms with Crippen LogP contribution < -0.4 is 11.1 Å². The lowest BCUT2D eigenvalue weighted by Crippen LogP contribution is -2.48. The largest absolute Gasteiger partial charge is 0.396 e. The van der Waals surface area contributed by atoms with Crippen molar-refractivity contribution in [3.05, 3.63) is 0 Å². The lowest BCUT2D eigenvalue weighted by atomic mass is 9.91. The van der Waals surface area contributed by atoms with Gasteiger partial charge in [-0.3, -0.25) is 0 Å². The van der Waals surface area contributed by atoms with Gasteiger partial charge in [0.1, 0.15) is 0 Å². The molecule has 4 nitrogen and oxygen atoms in total. The van der Waals surface area contributed by atoms with Crippen molar-refractivity contribution >= 4 is 0 Å². The van der Waals surface area contributed by atoms with E-state index in [0.717, 1.165) is 32.5 Å². The number of ether oxygens (including phenoxy) is 1. The predicted molar refractivity (Wildman–Crippen MR) is 60.7 cm³/mol. The van der Waals surface area contributed by atoms with E-state index in [0.29, 0.717) is 24.5 Å². The van der Waals surface area contributed by atoms with Crippen LogP contribution in [0.3, 0.4) is 0 Å². The molecular weight excluding hydrogens is 192 g/mol. The average molecular weight is 216 g/mol. The minimum absolute atomic E-state index is 0.235. The van der Waals surface area contributed by atoms with E-state index in [9.17, 15) is 0 Å². The van der Waals surface area contributed by atoms with Crippen LogP contribution in [0.4, 0.5) is 0 Å². The summed E-state index contributed by atoms with van der Waals surface area (Å²) in [6.45, 7) is 4.71. The Bertz CT molecular complexity index is 161. The number of nitrogens with one attached hydrogen (secondary N) is 1. The predicted octanol–water partition coefficient (Wildman–Crippen LogP) is 0.101. The van der Waals surface area contributed by atoms with Crippen molar-refractivity contribution < 1.29 is 9.84 Å². The fourth-order valence-electron chi connectivity index (χ4n) is 2.16. The fraction of sp³-hybridized carbons (Fsp3) is 1.00. The van der Waals surface area contributed by atoms with E-state index < -0.39 is 0 Å². The molecule has 4 heteroatoms. The summed E-state index contributed by atoms with van der Waals surface area (Å²) in [5.41, 5.74) is 5.78. The van der Waals surface area contributed by atoms with Crippen LogP contribution in [0.15, 0.2) is 0 Å². The van der Waals surface area contributed by atoms with E-state index in [-0.39, 0.29) is 6.61 Å². The van der Waals surface area contributed by atoms with Crippen LogP contribution in [-0.4, -0.2) is 43.6 Å². The number of hydrogen-bond acceptors (Lipinski definition) is 4. The maximum Gasteiger partial charge on any atom is 0.0469 e. The fourth-order valence-corrected chi connectivity index (χ4v) is 2.16. The molecule has 1 aliphatic heterocycles. The zero-order chi connectivity index (χ0) is 11.1. The molecule has 1 aliphatic rings. The van der Waals surface area contributed by atoms with Gasteiger partial charge in [-0.05, 0) is 32.1 Å². The van der Waals surface area contributed by atoms with Gasteiger partial charge in [0.15, 0.2) is 0 Å². The molecule has 2 atom stereocenters. The first kappa shape index (κ1) is 12.9. The third kappa shape index (κ3) is 4.47. The third-order valence-electron chi connectivity index (χ3n) is 3.15. The highest BCUT2D eigenvalue weighted by atomic mass is 16.5. The van der Waals surface area contributed by atoms with Gasteiger partial charge in [0.25, 0.3) is 0 Å². The highest BCUT2D eigenvalue weighted by molar-refractivity contribution is 4.81. The van der Waals surface area contributed by atoms with Gasteiger partial charge in [0.05, 0.1) is 0 Å². The van der Waals surface area contributed by atoms with E-state index in [1.165, 1.54) is 0 Å². The quantitative estimate of drug-likeness (QED) is 0.589. The van der Waals surface area contributed by atoms with Gasteiger partial charge in [0.2, 0.25) is 0 Å². The molecule has 0 radical (unpaired) electrons. The lowest BCUT2D eigenvalue weighted by molar-refractivity contribution is 0.0529. The van der Waals surface area contributed by atoms with Crippen molar-refractivity contribution in [2.75, 3.05) is 26.4 Å². The molecule has 0 aromatic heterocycles. The van der Waals surface area contributed by atoms with Crippen LogP contribution in [0.2, 0.25) is 0 Å². The van der Waals surface area contributed by atoms with Crippen molar-refractivity contribution in [3.8, 4) is 0 Å². The first-order valence-corrected chi connectivity index (χ1v) is 5.92. The van der Waals surface area contributed by atoms with E-state index >= 15 is 0 Å². The van der Waals surface area contributed by atoms with E-state index in [1.807, 2.05) is 0 Å². The summed E-state index contributed by atoms with van der Waals surface area (Å²) >= 11 is 0. The molecule has 2 unspecified atom stereocenters. The van der Waals surface area contributed by atoms with Gasteiger partial charge in [-0.15, -0.1) is 0 Å². The monoisotopic (exact) mass is 216 g/mol. The summed E-state index contributed by atoms with van der Waals surface area (Å²) in [5.74, 6) is 0.630. The zero-order valence-electron chi connectivity index (χ0n) is 9.61. The number of rotatable bonds is 6. The first-order chi connectivity index (χ1) is 7.27. The molecule has 15 heavy (non-hydrogen) atoms. The molecule has 0 aromatic rings. The zero-order valence-corrected chi connectivity index (χ0v) is 9.61.